The van der Waals surface area contributed by atoms with Crippen LogP contribution < -0.4 is 24.8 Å². The standard InChI is InChI=1S/C25H34N2O5/c1-5-16-32-22-14-13-19(17-23(22)30-4)18(3)27-24(28)12-9-15-26-25(29)20-10-7-8-11-21(20)31-6-2/h7-8,10-11,13-14,17-18H,5-6,9,12,15-16H2,1-4H3,(H,26,29)(H,27,28). The van der Waals surface area contributed by atoms with Crippen molar-refractivity contribution in [3.05, 3.63) is 53.6 Å². The lowest BCUT2D eigenvalue weighted by Gasteiger charge is -2.17. The highest BCUT2D eigenvalue weighted by Gasteiger charge is 2.14. The molecule has 0 saturated heterocycles. The number of ether oxygens (including phenoxy) is 3. The number of nitrogens with one attached hydrogen (secondary N) is 2. The maximum Gasteiger partial charge on any atom is 0.255 e. The van der Waals surface area contributed by atoms with Crippen molar-refractivity contribution in [1.82, 2.24) is 10.6 Å². The van der Waals surface area contributed by atoms with Crippen LogP contribution in [0.15, 0.2) is 42.5 Å². The van der Waals surface area contributed by atoms with E-state index in [2.05, 4.69) is 10.6 Å². The normalized spacial score (nSPS) is 11.4. The van der Waals surface area contributed by atoms with Crippen LogP contribution in [0.3, 0.4) is 0 Å². The highest BCUT2D eigenvalue weighted by Crippen LogP contribution is 2.30. The first-order chi connectivity index (χ1) is 15.5. The molecule has 2 aromatic carbocycles. The molecule has 0 fully saturated rings. The van der Waals surface area contributed by atoms with Gasteiger partial charge in [-0.05, 0) is 56.5 Å². The number of para-hydroxylation sites is 1. The van der Waals surface area contributed by atoms with Gasteiger partial charge in [0.1, 0.15) is 5.75 Å². The Hall–Kier alpha value is -3.22. The molecule has 32 heavy (non-hydrogen) atoms. The fourth-order valence-corrected chi connectivity index (χ4v) is 3.16. The molecule has 0 heterocycles. The molecule has 2 N–H and O–H groups in total. The lowest BCUT2D eigenvalue weighted by atomic mass is 10.1. The summed E-state index contributed by atoms with van der Waals surface area (Å²) in [6.45, 7) is 7.35. The van der Waals surface area contributed by atoms with E-state index in [-0.39, 0.29) is 17.9 Å². The molecule has 0 bridgehead atoms. The van der Waals surface area contributed by atoms with Gasteiger partial charge in [-0.1, -0.05) is 25.1 Å². The fraction of sp³-hybridized carbons (Fsp3) is 0.440. The number of rotatable bonds is 13. The summed E-state index contributed by atoms with van der Waals surface area (Å²) in [7, 11) is 1.60. The Morgan fingerprint density at radius 3 is 2.50 bits per heavy atom. The predicted molar refractivity (Wildman–Crippen MR) is 125 cm³/mol. The Bertz CT molecular complexity index is 884. The minimum absolute atomic E-state index is 0.0771. The van der Waals surface area contributed by atoms with Crippen molar-refractivity contribution < 1.29 is 23.8 Å². The van der Waals surface area contributed by atoms with Crippen LogP contribution in [-0.2, 0) is 4.79 Å². The van der Waals surface area contributed by atoms with Crippen molar-refractivity contribution >= 4 is 11.8 Å². The molecule has 0 aromatic heterocycles. The van der Waals surface area contributed by atoms with Crippen LogP contribution >= 0.6 is 0 Å². The van der Waals surface area contributed by atoms with Gasteiger partial charge in [0.2, 0.25) is 5.91 Å². The smallest absolute Gasteiger partial charge is 0.255 e. The lowest BCUT2D eigenvalue weighted by molar-refractivity contribution is -0.121. The van der Waals surface area contributed by atoms with E-state index in [0.29, 0.717) is 55.4 Å². The van der Waals surface area contributed by atoms with Gasteiger partial charge >= 0.3 is 0 Å². The van der Waals surface area contributed by atoms with Crippen LogP contribution in [0.5, 0.6) is 17.2 Å². The monoisotopic (exact) mass is 442 g/mol. The third kappa shape index (κ3) is 7.48. The van der Waals surface area contributed by atoms with E-state index in [1.165, 1.54) is 0 Å². The summed E-state index contributed by atoms with van der Waals surface area (Å²) in [6.07, 6.45) is 1.76. The van der Waals surface area contributed by atoms with Gasteiger partial charge < -0.3 is 24.8 Å². The van der Waals surface area contributed by atoms with Crippen molar-refractivity contribution in [3.8, 4) is 17.2 Å². The summed E-state index contributed by atoms with van der Waals surface area (Å²) in [5.41, 5.74) is 1.42. The van der Waals surface area contributed by atoms with E-state index < -0.39 is 0 Å². The van der Waals surface area contributed by atoms with Crippen LogP contribution in [-0.4, -0.2) is 38.7 Å². The topological polar surface area (TPSA) is 85.9 Å². The number of hydrogen-bond donors (Lipinski definition) is 2. The molecule has 7 heteroatoms. The van der Waals surface area contributed by atoms with Crippen molar-refractivity contribution in [1.29, 1.82) is 0 Å². The van der Waals surface area contributed by atoms with E-state index >= 15 is 0 Å². The molecule has 2 rings (SSSR count). The second-order valence-corrected chi connectivity index (χ2v) is 7.34. The quantitative estimate of drug-likeness (QED) is 0.453. The summed E-state index contributed by atoms with van der Waals surface area (Å²) < 4.78 is 16.6. The van der Waals surface area contributed by atoms with E-state index in [4.69, 9.17) is 14.2 Å². The summed E-state index contributed by atoms with van der Waals surface area (Å²) in [4.78, 5) is 24.7. The van der Waals surface area contributed by atoms with E-state index in [1.54, 1.807) is 25.3 Å². The average Bonchev–Trinajstić information content (AvgIpc) is 2.80. The van der Waals surface area contributed by atoms with Gasteiger partial charge in [-0.25, -0.2) is 0 Å². The van der Waals surface area contributed by atoms with Gasteiger partial charge in [-0.15, -0.1) is 0 Å². The summed E-state index contributed by atoms with van der Waals surface area (Å²) in [5, 5.41) is 5.83. The zero-order chi connectivity index (χ0) is 23.3. The van der Waals surface area contributed by atoms with Crippen LogP contribution in [0.2, 0.25) is 0 Å². The Morgan fingerprint density at radius 2 is 1.78 bits per heavy atom. The number of carbonyl (C=O) groups excluding carboxylic acids is 2. The SMILES string of the molecule is CCCOc1ccc(C(C)NC(=O)CCCNC(=O)c2ccccc2OCC)cc1OC. The van der Waals surface area contributed by atoms with Gasteiger partial charge in [0.05, 0.1) is 31.9 Å². The lowest BCUT2D eigenvalue weighted by Crippen LogP contribution is -2.29. The van der Waals surface area contributed by atoms with Crippen LogP contribution in [0.25, 0.3) is 0 Å². The average molecular weight is 443 g/mol. The summed E-state index contributed by atoms with van der Waals surface area (Å²) in [5.74, 6) is 1.61. The van der Waals surface area contributed by atoms with Gasteiger partial charge in [0.15, 0.2) is 11.5 Å². The molecule has 0 radical (unpaired) electrons. The number of amides is 2. The minimum Gasteiger partial charge on any atom is -0.493 e. The zero-order valence-electron chi connectivity index (χ0n) is 19.4. The minimum atomic E-state index is -0.208. The molecular formula is C25H34N2O5. The van der Waals surface area contributed by atoms with Crippen LogP contribution in [0.1, 0.15) is 62.0 Å². The first kappa shape index (κ1) is 25.0. The fourth-order valence-electron chi connectivity index (χ4n) is 3.16. The first-order valence-corrected chi connectivity index (χ1v) is 11.1. The largest absolute Gasteiger partial charge is 0.493 e. The number of hydrogen-bond acceptors (Lipinski definition) is 5. The number of carbonyl (C=O) groups is 2. The first-order valence-electron chi connectivity index (χ1n) is 11.1. The van der Waals surface area contributed by atoms with Gasteiger partial charge in [0, 0.05) is 13.0 Å². The van der Waals surface area contributed by atoms with Crippen molar-refractivity contribution in [2.24, 2.45) is 0 Å². The molecule has 174 valence electrons. The molecule has 0 aliphatic rings. The van der Waals surface area contributed by atoms with Crippen molar-refractivity contribution in [2.75, 3.05) is 26.9 Å². The van der Waals surface area contributed by atoms with Crippen molar-refractivity contribution in [2.45, 2.75) is 46.1 Å². The third-order valence-corrected chi connectivity index (χ3v) is 4.82. The maximum absolute atomic E-state index is 12.4. The molecule has 0 saturated carbocycles. The molecule has 7 nitrogen and oxygen atoms in total. The van der Waals surface area contributed by atoms with Gasteiger partial charge in [-0.3, -0.25) is 9.59 Å². The van der Waals surface area contributed by atoms with E-state index in [1.807, 2.05) is 45.0 Å². The predicted octanol–water partition coefficient (Wildman–Crippen LogP) is 4.27. The van der Waals surface area contributed by atoms with Crippen LogP contribution in [0, 0.1) is 0 Å². The number of methoxy groups -OCH3 is 1. The zero-order valence-corrected chi connectivity index (χ0v) is 19.4. The molecule has 1 atom stereocenters. The van der Waals surface area contributed by atoms with Gasteiger partial charge in [-0.2, -0.15) is 0 Å². The molecule has 0 aliphatic heterocycles. The molecule has 2 aromatic rings. The third-order valence-electron chi connectivity index (χ3n) is 4.82. The Labute approximate surface area is 190 Å². The van der Waals surface area contributed by atoms with Crippen molar-refractivity contribution in [3.63, 3.8) is 0 Å². The molecule has 2 amide bonds. The molecular weight excluding hydrogens is 408 g/mol. The Kier molecular flexibility index (Phi) is 10.4. The molecule has 1 unspecified atom stereocenters. The maximum atomic E-state index is 12.4. The molecule has 0 spiro atoms. The second-order valence-electron chi connectivity index (χ2n) is 7.34. The van der Waals surface area contributed by atoms with Crippen LogP contribution in [0.4, 0.5) is 0 Å². The van der Waals surface area contributed by atoms with E-state index in [9.17, 15) is 9.59 Å². The Balaban J connectivity index is 1.80. The highest BCUT2D eigenvalue weighted by molar-refractivity contribution is 5.96. The highest BCUT2D eigenvalue weighted by atomic mass is 16.5. The summed E-state index contributed by atoms with van der Waals surface area (Å²) in [6, 6.07) is 12.6. The number of benzene rings is 2. The van der Waals surface area contributed by atoms with E-state index in [0.717, 1.165) is 12.0 Å². The van der Waals surface area contributed by atoms with Gasteiger partial charge in [0.25, 0.3) is 5.91 Å². The summed E-state index contributed by atoms with van der Waals surface area (Å²) >= 11 is 0. The second kappa shape index (κ2) is 13.2. The molecule has 0 aliphatic carbocycles. The Morgan fingerprint density at radius 1 is 1.00 bits per heavy atom.